The fourth-order valence-corrected chi connectivity index (χ4v) is 1.82. The van der Waals surface area contributed by atoms with E-state index in [0.717, 1.165) is 12.8 Å². The summed E-state index contributed by atoms with van der Waals surface area (Å²) in [4.78, 5) is 15.9. The third kappa shape index (κ3) is 3.12. The molecule has 5 heteroatoms. The molecular formula is C15H14FN3O. The van der Waals surface area contributed by atoms with Crippen molar-refractivity contribution in [1.82, 2.24) is 10.3 Å². The molecule has 3 rings (SSSR count). The van der Waals surface area contributed by atoms with E-state index in [0.29, 0.717) is 23.1 Å². The molecule has 4 nitrogen and oxygen atoms in total. The van der Waals surface area contributed by atoms with Crippen LogP contribution in [0.15, 0.2) is 42.6 Å². The van der Waals surface area contributed by atoms with Crippen LogP contribution < -0.4 is 10.6 Å². The normalized spacial score (nSPS) is 13.8. The number of anilines is 2. The van der Waals surface area contributed by atoms with Crippen LogP contribution in [0, 0.1) is 5.82 Å². The third-order valence-corrected chi connectivity index (χ3v) is 3.02. The molecule has 1 fully saturated rings. The summed E-state index contributed by atoms with van der Waals surface area (Å²) in [5.74, 6) is -0.451. The number of nitrogens with one attached hydrogen (secondary N) is 2. The average molecular weight is 271 g/mol. The SMILES string of the molecule is O=C(NC1CC1)c1ccc(Nc2cccc(F)c2)cn1. The summed E-state index contributed by atoms with van der Waals surface area (Å²) in [6, 6.07) is 9.88. The van der Waals surface area contributed by atoms with Gasteiger partial charge in [0.2, 0.25) is 0 Å². The van der Waals surface area contributed by atoms with Crippen molar-refractivity contribution in [3.8, 4) is 0 Å². The van der Waals surface area contributed by atoms with Crippen LogP contribution in [0.2, 0.25) is 0 Å². The van der Waals surface area contributed by atoms with Crippen molar-refractivity contribution in [3.63, 3.8) is 0 Å². The predicted octanol–water partition coefficient (Wildman–Crippen LogP) is 2.86. The molecule has 2 N–H and O–H groups in total. The minimum Gasteiger partial charge on any atom is -0.354 e. The van der Waals surface area contributed by atoms with Gasteiger partial charge in [0.25, 0.3) is 5.91 Å². The second kappa shape index (κ2) is 5.28. The Balaban J connectivity index is 1.67. The zero-order chi connectivity index (χ0) is 13.9. The molecule has 0 spiro atoms. The average Bonchev–Trinajstić information content (AvgIpc) is 3.23. The summed E-state index contributed by atoms with van der Waals surface area (Å²) in [6.07, 6.45) is 3.66. The number of aromatic nitrogens is 1. The minimum atomic E-state index is -0.302. The number of benzene rings is 1. The van der Waals surface area contributed by atoms with Crippen molar-refractivity contribution in [2.45, 2.75) is 18.9 Å². The smallest absolute Gasteiger partial charge is 0.270 e. The second-order valence-corrected chi connectivity index (χ2v) is 4.82. The van der Waals surface area contributed by atoms with Gasteiger partial charge in [-0.05, 0) is 43.2 Å². The van der Waals surface area contributed by atoms with Crippen LogP contribution in [0.25, 0.3) is 0 Å². The second-order valence-electron chi connectivity index (χ2n) is 4.82. The first kappa shape index (κ1) is 12.6. The highest BCUT2D eigenvalue weighted by Gasteiger charge is 2.24. The molecule has 1 aromatic carbocycles. The number of pyridine rings is 1. The fourth-order valence-electron chi connectivity index (χ4n) is 1.82. The Labute approximate surface area is 116 Å². The molecule has 1 heterocycles. The summed E-state index contributed by atoms with van der Waals surface area (Å²) in [5, 5.41) is 5.91. The van der Waals surface area contributed by atoms with Gasteiger partial charge in [-0.3, -0.25) is 4.79 Å². The highest BCUT2D eigenvalue weighted by Crippen LogP contribution is 2.20. The van der Waals surface area contributed by atoms with Crippen molar-refractivity contribution < 1.29 is 9.18 Å². The highest BCUT2D eigenvalue weighted by atomic mass is 19.1. The lowest BCUT2D eigenvalue weighted by Gasteiger charge is -2.07. The fraction of sp³-hybridized carbons (Fsp3) is 0.200. The molecule has 1 amide bonds. The van der Waals surface area contributed by atoms with E-state index in [2.05, 4.69) is 15.6 Å². The van der Waals surface area contributed by atoms with Crippen LogP contribution in [0.4, 0.5) is 15.8 Å². The molecule has 102 valence electrons. The van der Waals surface area contributed by atoms with Gasteiger partial charge in [-0.2, -0.15) is 0 Å². The quantitative estimate of drug-likeness (QED) is 0.899. The van der Waals surface area contributed by atoms with E-state index < -0.39 is 0 Å². The molecule has 0 aliphatic heterocycles. The van der Waals surface area contributed by atoms with E-state index >= 15 is 0 Å². The van der Waals surface area contributed by atoms with E-state index in [4.69, 9.17) is 0 Å². The number of rotatable bonds is 4. The third-order valence-electron chi connectivity index (χ3n) is 3.02. The largest absolute Gasteiger partial charge is 0.354 e. The molecule has 20 heavy (non-hydrogen) atoms. The summed E-state index contributed by atoms with van der Waals surface area (Å²) < 4.78 is 13.1. The summed E-state index contributed by atoms with van der Waals surface area (Å²) in [7, 11) is 0. The molecule has 0 radical (unpaired) electrons. The lowest BCUT2D eigenvalue weighted by atomic mass is 10.2. The van der Waals surface area contributed by atoms with Crippen molar-refractivity contribution in [2.75, 3.05) is 5.32 Å². The molecule has 1 aromatic heterocycles. The number of halogens is 1. The molecule has 1 aliphatic rings. The first-order valence-corrected chi connectivity index (χ1v) is 6.50. The Morgan fingerprint density at radius 1 is 1.20 bits per heavy atom. The van der Waals surface area contributed by atoms with Crippen molar-refractivity contribution in [1.29, 1.82) is 0 Å². The number of nitrogens with zero attached hydrogens (tertiary/aromatic N) is 1. The number of carbonyl (C=O) groups is 1. The number of hydrogen-bond acceptors (Lipinski definition) is 3. The Morgan fingerprint density at radius 3 is 2.70 bits per heavy atom. The molecular weight excluding hydrogens is 257 g/mol. The van der Waals surface area contributed by atoms with E-state index in [1.807, 2.05) is 0 Å². The molecule has 1 saturated carbocycles. The lowest BCUT2D eigenvalue weighted by molar-refractivity contribution is 0.0946. The van der Waals surface area contributed by atoms with Crippen molar-refractivity contribution in [3.05, 3.63) is 54.1 Å². The minimum absolute atomic E-state index is 0.148. The van der Waals surface area contributed by atoms with Crippen molar-refractivity contribution in [2.24, 2.45) is 0 Å². The molecule has 0 saturated heterocycles. The van der Waals surface area contributed by atoms with Crippen LogP contribution in [0.3, 0.4) is 0 Å². The van der Waals surface area contributed by atoms with Gasteiger partial charge in [0, 0.05) is 11.7 Å². The first-order valence-electron chi connectivity index (χ1n) is 6.50. The zero-order valence-electron chi connectivity index (χ0n) is 10.8. The molecule has 0 unspecified atom stereocenters. The topological polar surface area (TPSA) is 54.0 Å². The van der Waals surface area contributed by atoms with E-state index in [-0.39, 0.29) is 11.7 Å². The Morgan fingerprint density at radius 2 is 2.05 bits per heavy atom. The Hall–Kier alpha value is -2.43. The monoisotopic (exact) mass is 271 g/mol. The van der Waals surface area contributed by atoms with Gasteiger partial charge in [0.05, 0.1) is 11.9 Å². The Kier molecular flexibility index (Phi) is 3.33. The van der Waals surface area contributed by atoms with Crippen LogP contribution in [-0.2, 0) is 0 Å². The summed E-state index contributed by atoms with van der Waals surface area (Å²) in [5.41, 5.74) is 1.74. The van der Waals surface area contributed by atoms with Gasteiger partial charge < -0.3 is 10.6 Å². The van der Waals surface area contributed by atoms with Gasteiger partial charge in [-0.25, -0.2) is 9.37 Å². The maximum Gasteiger partial charge on any atom is 0.270 e. The number of amides is 1. The first-order chi connectivity index (χ1) is 9.70. The predicted molar refractivity (Wildman–Crippen MR) is 74.4 cm³/mol. The van der Waals surface area contributed by atoms with Gasteiger partial charge in [0.15, 0.2) is 0 Å². The van der Waals surface area contributed by atoms with Crippen LogP contribution in [-0.4, -0.2) is 16.9 Å². The number of carbonyl (C=O) groups excluding carboxylic acids is 1. The standard InChI is InChI=1S/C15H14FN3O/c16-10-2-1-3-12(8-10)18-13-6-7-14(17-9-13)15(20)19-11-4-5-11/h1-3,6-9,11,18H,4-5H2,(H,19,20). The molecule has 1 aliphatic carbocycles. The molecule has 2 aromatic rings. The zero-order valence-corrected chi connectivity index (χ0v) is 10.8. The van der Waals surface area contributed by atoms with Gasteiger partial charge in [-0.15, -0.1) is 0 Å². The van der Waals surface area contributed by atoms with Crippen LogP contribution >= 0.6 is 0 Å². The van der Waals surface area contributed by atoms with Crippen LogP contribution in [0.5, 0.6) is 0 Å². The summed E-state index contributed by atoms with van der Waals surface area (Å²) in [6.45, 7) is 0. The highest BCUT2D eigenvalue weighted by molar-refractivity contribution is 5.92. The Bertz CT molecular complexity index is 623. The molecule has 0 atom stereocenters. The van der Waals surface area contributed by atoms with Crippen molar-refractivity contribution >= 4 is 17.3 Å². The maximum atomic E-state index is 13.1. The number of hydrogen-bond donors (Lipinski definition) is 2. The lowest BCUT2D eigenvalue weighted by Crippen LogP contribution is -2.26. The molecule has 0 bridgehead atoms. The van der Waals surface area contributed by atoms with E-state index in [1.165, 1.54) is 12.1 Å². The van der Waals surface area contributed by atoms with Gasteiger partial charge in [-0.1, -0.05) is 6.07 Å². The van der Waals surface area contributed by atoms with E-state index in [9.17, 15) is 9.18 Å². The van der Waals surface area contributed by atoms with Gasteiger partial charge >= 0.3 is 0 Å². The maximum absolute atomic E-state index is 13.1. The van der Waals surface area contributed by atoms with E-state index in [1.54, 1.807) is 30.5 Å². The van der Waals surface area contributed by atoms with Crippen LogP contribution in [0.1, 0.15) is 23.3 Å². The van der Waals surface area contributed by atoms with Gasteiger partial charge in [0.1, 0.15) is 11.5 Å². The summed E-state index contributed by atoms with van der Waals surface area (Å²) >= 11 is 0.